The molecule has 1 N–H and O–H groups in total. The van der Waals surface area contributed by atoms with Crippen molar-refractivity contribution in [3.05, 3.63) is 57.1 Å². The highest BCUT2D eigenvalue weighted by Crippen LogP contribution is 2.33. The fourth-order valence-corrected chi connectivity index (χ4v) is 3.03. The van der Waals surface area contributed by atoms with Crippen LogP contribution in [-0.2, 0) is 0 Å². The van der Waals surface area contributed by atoms with Gasteiger partial charge in [0, 0.05) is 21.3 Å². The van der Waals surface area contributed by atoms with Crippen molar-refractivity contribution in [1.82, 2.24) is 0 Å². The summed E-state index contributed by atoms with van der Waals surface area (Å²) in [6, 6.07) is 9.74. The number of methoxy groups -OCH3 is 1. The van der Waals surface area contributed by atoms with Gasteiger partial charge in [0.1, 0.15) is 5.75 Å². The van der Waals surface area contributed by atoms with Gasteiger partial charge in [0.2, 0.25) is 0 Å². The number of anilines is 1. The summed E-state index contributed by atoms with van der Waals surface area (Å²) in [5.74, 6) is 0.911. The zero-order valence-corrected chi connectivity index (χ0v) is 14.1. The van der Waals surface area contributed by atoms with Gasteiger partial charge in [-0.25, -0.2) is 0 Å². The molecular weight excluding hydrogens is 305 g/mol. The van der Waals surface area contributed by atoms with Crippen LogP contribution < -0.4 is 10.1 Å². The number of hydrogen-bond donors (Lipinski definition) is 1. The first-order chi connectivity index (χ1) is 9.93. The molecule has 0 bridgehead atoms. The van der Waals surface area contributed by atoms with Gasteiger partial charge in [-0.15, -0.1) is 0 Å². The van der Waals surface area contributed by atoms with E-state index in [0.717, 1.165) is 28.1 Å². The molecule has 0 saturated carbocycles. The summed E-state index contributed by atoms with van der Waals surface area (Å²) in [5.41, 5.74) is 4.27. The van der Waals surface area contributed by atoms with E-state index in [-0.39, 0.29) is 6.04 Å². The highest BCUT2D eigenvalue weighted by Gasteiger charge is 2.13. The van der Waals surface area contributed by atoms with E-state index in [1.807, 2.05) is 32.0 Å². The third-order valence-electron chi connectivity index (χ3n) is 3.61. The minimum absolute atomic E-state index is 0.0703. The molecule has 2 aromatic rings. The molecule has 0 aromatic heterocycles. The monoisotopic (exact) mass is 323 g/mol. The Morgan fingerprint density at radius 2 is 1.81 bits per heavy atom. The van der Waals surface area contributed by atoms with Crippen molar-refractivity contribution in [2.45, 2.75) is 26.8 Å². The second-order valence-electron chi connectivity index (χ2n) is 5.12. The Hall–Kier alpha value is -1.38. The molecule has 0 radical (unpaired) electrons. The second kappa shape index (κ2) is 6.59. The topological polar surface area (TPSA) is 21.3 Å². The van der Waals surface area contributed by atoms with Crippen molar-refractivity contribution < 1.29 is 4.74 Å². The Kier molecular flexibility index (Phi) is 5.02. The molecule has 112 valence electrons. The van der Waals surface area contributed by atoms with Gasteiger partial charge in [-0.1, -0.05) is 35.3 Å². The van der Waals surface area contributed by atoms with Crippen LogP contribution in [0.1, 0.15) is 29.7 Å². The normalized spacial score (nSPS) is 12.1. The van der Waals surface area contributed by atoms with Gasteiger partial charge in [-0.05, 0) is 50.1 Å². The molecule has 1 unspecified atom stereocenters. The molecule has 0 aliphatic heterocycles. The molecule has 21 heavy (non-hydrogen) atoms. The van der Waals surface area contributed by atoms with Crippen molar-refractivity contribution in [2.24, 2.45) is 0 Å². The summed E-state index contributed by atoms with van der Waals surface area (Å²) in [4.78, 5) is 0. The number of halogens is 2. The zero-order valence-electron chi connectivity index (χ0n) is 12.6. The summed E-state index contributed by atoms with van der Waals surface area (Å²) in [6.45, 7) is 6.15. The first-order valence-corrected chi connectivity index (χ1v) is 7.55. The summed E-state index contributed by atoms with van der Waals surface area (Å²) < 4.78 is 5.46. The molecule has 0 fully saturated rings. The van der Waals surface area contributed by atoms with Crippen LogP contribution in [0.3, 0.4) is 0 Å². The SMILES string of the molecule is COc1c(C)ccc(NC(C)c2ccc(Cl)cc2Cl)c1C. The molecule has 0 aliphatic rings. The minimum Gasteiger partial charge on any atom is -0.496 e. The molecule has 0 spiro atoms. The Balaban J connectivity index is 2.29. The van der Waals surface area contributed by atoms with E-state index in [1.165, 1.54) is 0 Å². The van der Waals surface area contributed by atoms with Crippen molar-refractivity contribution in [1.29, 1.82) is 0 Å². The molecule has 0 amide bonds. The maximum Gasteiger partial charge on any atom is 0.126 e. The minimum atomic E-state index is 0.0703. The van der Waals surface area contributed by atoms with Gasteiger partial charge in [0.25, 0.3) is 0 Å². The summed E-state index contributed by atoms with van der Waals surface area (Å²) in [7, 11) is 1.69. The van der Waals surface area contributed by atoms with Gasteiger partial charge < -0.3 is 10.1 Å². The van der Waals surface area contributed by atoms with E-state index in [0.29, 0.717) is 10.0 Å². The van der Waals surface area contributed by atoms with Crippen molar-refractivity contribution in [3.8, 4) is 5.75 Å². The zero-order chi connectivity index (χ0) is 15.6. The second-order valence-corrected chi connectivity index (χ2v) is 5.96. The van der Waals surface area contributed by atoms with E-state index in [4.69, 9.17) is 27.9 Å². The number of ether oxygens (including phenoxy) is 1. The smallest absolute Gasteiger partial charge is 0.126 e. The Morgan fingerprint density at radius 3 is 2.43 bits per heavy atom. The standard InChI is InChI=1S/C17H19Cl2NO/c1-10-5-8-16(11(2)17(10)21-4)20-12(3)14-7-6-13(18)9-15(14)19/h5-9,12,20H,1-4H3. The van der Waals surface area contributed by atoms with Gasteiger partial charge >= 0.3 is 0 Å². The van der Waals surface area contributed by atoms with Gasteiger partial charge in [0.05, 0.1) is 13.2 Å². The van der Waals surface area contributed by atoms with Crippen molar-refractivity contribution >= 4 is 28.9 Å². The van der Waals surface area contributed by atoms with E-state index in [1.54, 1.807) is 13.2 Å². The van der Waals surface area contributed by atoms with Crippen LogP contribution in [0.25, 0.3) is 0 Å². The number of hydrogen-bond acceptors (Lipinski definition) is 2. The Labute approximate surface area is 136 Å². The number of aryl methyl sites for hydroxylation is 1. The third-order valence-corrected chi connectivity index (χ3v) is 4.17. The number of nitrogens with one attached hydrogen (secondary N) is 1. The van der Waals surface area contributed by atoms with Crippen LogP contribution in [0.2, 0.25) is 10.0 Å². The van der Waals surface area contributed by atoms with Gasteiger partial charge in [0.15, 0.2) is 0 Å². The maximum absolute atomic E-state index is 6.27. The molecule has 0 heterocycles. The van der Waals surface area contributed by atoms with E-state index in [9.17, 15) is 0 Å². The fraction of sp³-hybridized carbons (Fsp3) is 0.294. The lowest BCUT2D eigenvalue weighted by molar-refractivity contribution is 0.409. The predicted octanol–water partition coefficient (Wildman–Crippen LogP) is 5.79. The molecule has 2 rings (SSSR count). The van der Waals surface area contributed by atoms with E-state index in [2.05, 4.69) is 18.3 Å². The van der Waals surface area contributed by atoms with Crippen LogP contribution in [0.5, 0.6) is 5.75 Å². The molecule has 0 aliphatic carbocycles. The van der Waals surface area contributed by atoms with Crippen LogP contribution in [0, 0.1) is 13.8 Å². The van der Waals surface area contributed by atoms with Crippen LogP contribution in [-0.4, -0.2) is 7.11 Å². The van der Waals surface area contributed by atoms with Crippen molar-refractivity contribution in [3.63, 3.8) is 0 Å². The fourth-order valence-electron chi connectivity index (χ4n) is 2.46. The first-order valence-electron chi connectivity index (χ1n) is 6.79. The molecule has 0 saturated heterocycles. The first kappa shape index (κ1) is 16.0. The quantitative estimate of drug-likeness (QED) is 0.768. The average molecular weight is 324 g/mol. The third kappa shape index (κ3) is 3.45. The van der Waals surface area contributed by atoms with Crippen LogP contribution >= 0.6 is 23.2 Å². The molecule has 2 nitrogen and oxygen atoms in total. The largest absolute Gasteiger partial charge is 0.496 e. The molecular formula is C17H19Cl2NO. The predicted molar refractivity (Wildman–Crippen MR) is 91.0 cm³/mol. The Bertz CT molecular complexity index is 655. The lowest BCUT2D eigenvalue weighted by atomic mass is 10.1. The highest BCUT2D eigenvalue weighted by atomic mass is 35.5. The van der Waals surface area contributed by atoms with Crippen LogP contribution in [0.4, 0.5) is 5.69 Å². The van der Waals surface area contributed by atoms with E-state index < -0.39 is 0 Å². The van der Waals surface area contributed by atoms with Gasteiger partial charge in [-0.2, -0.15) is 0 Å². The number of benzene rings is 2. The van der Waals surface area contributed by atoms with Crippen LogP contribution in [0.15, 0.2) is 30.3 Å². The lowest BCUT2D eigenvalue weighted by Crippen LogP contribution is -2.09. The highest BCUT2D eigenvalue weighted by molar-refractivity contribution is 6.35. The maximum atomic E-state index is 6.27. The lowest BCUT2D eigenvalue weighted by Gasteiger charge is -2.20. The molecule has 4 heteroatoms. The van der Waals surface area contributed by atoms with Gasteiger partial charge in [-0.3, -0.25) is 0 Å². The molecule has 1 atom stereocenters. The summed E-state index contributed by atoms with van der Waals surface area (Å²) in [6.07, 6.45) is 0. The molecule has 2 aromatic carbocycles. The summed E-state index contributed by atoms with van der Waals surface area (Å²) in [5, 5.41) is 4.79. The van der Waals surface area contributed by atoms with E-state index >= 15 is 0 Å². The Morgan fingerprint density at radius 1 is 1.10 bits per heavy atom. The van der Waals surface area contributed by atoms with Crippen molar-refractivity contribution in [2.75, 3.05) is 12.4 Å². The number of rotatable bonds is 4. The average Bonchev–Trinajstić information content (AvgIpc) is 2.42. The summed E-state index contributed by atoms with van der Waals surface area (Å²) >= 11 is 12.2.